The Morgan fingerprint density at radius 1 is 1.36 bits per heavy atom. The van der Waals surface area contributed by atoms with Gasteiger partial charge in [0, 0.05) is 0 Å². The van der Waals surface area contributed by atoms with Crippen molar-refractivity contribution in [2.24, 2.45) is 0 Å². The van der Waals surface area contributed by atoms with Gasteiger partial charge in [-0.05, 0) is 19.1 Å². The van der Waals surface area contributed by atoms with E-state index in [0.29, 0.717) is 24.7 Å². The van der Waals surface area contributed by atoms with Gasteiger partial charge in [0.1, 0.15) is 19.0 Å². The van der Waals surface area contributed by atoms with Crippen LogP contribution < -0.4 is 9.47 Å². The Kier molecular flexibility index (Phi) is 2.29. The van der Waals surface area contributed by atoms with Gasteiger partial charge in [-0.15, -0.1) is 0 Å². The van der Waals surface area contributed by atoms with Gasteiger partial charge in [0.25, 0.3) is 0 Å². The van der Waals surface area contributed by atoms with Crippen LogP contribution in [0.1, 0.15) is 18.6 Å². The van der Waals surface area contributed by atoms with Crippen molar-refractivity contribution in [3.8, 4) is 11.5 Å². The largest absolute Gasteiger partial charge is 0.486 e. The van der Waals surface area contributed by atoms with E-state index in [4.69, 9.17) is 9.47 Å². The number of benzene rings is 1. The van der Waals surface area contributed by atoms with Crippen LogP contribution in [0.3, 0.4) is 0 Å². The molecule has 0 amide bonds. The first-order chi connectivity index (χ1) is 6.70. The molecule has 4 heteroatoms. The van der Waals surface area contributed by atoms with E-state index in [0.717, 1.165) is 0 Å². The minimum absolute atomic E-state index is 0.169. The Morgan fingerprint density at radius 3 is 2.79 bits per heavy atom. The van der Waals surface area contributed by atoms with Crippen LogP contribution in [-0.2, 0) is 0 Å². The molecule has 14 heavy (non-hydrogen) atoms. The van der Waals surface area contributed by atoms with E-state index in [-0.39, 0.29) is 5.56 Å². The van der Waals surface area contributed by atoms with E-state index in [1.807, 2.05) is 0 Å². The van der Waals surface area contributed by atoms with Crippen molar-refractivity contribution in [3.05, 3.63) is 23.5 Å². The van der Waals surface area contributed by atoms with Crippen molar-refractivity contribution in [3.63, 3.8) is 0 Å². The summed E-state index contributed by atoms with van der Waals surface area (Å²) in [4.78, 5) is 0. The molecule has 0 aliphatic carbocycles. The molecular formula is C10H11FO3. The van der Waals surface area contributed by atoms with Crippen molar-refractivity contribution in [2.75, 3.05) is 13.2 Å². The van der Waals surface area contributed by atoms with Gasteiger partial charge in [0.05, 0.1) is 11.7 Å². The van der Waals surface area contributed by atoms with Gasteiger partial charge in [0.2, 0.25) is 0 Å². The average molecular weight is 198 g/mol. The normalized spacial score (nSPS) is 16.5. The Morgan fingerprint density at radius 2 is 2.07 bits per heavy atom. The number of aliphatic hydroxyl groups excluding tert-OH is 1. The van der Waals surface area contributed by atoms with E-state index < -0.39 is 11.9 Å². The zero-order valence-corrected chi connectivity index (χ0v) is 7.79. The van der Waals surface area contributed by atoms with Gasteiger partial charge >= 0.3 is 0 Å². The molecule has 0 fully saturated rings. The number of aliphatic hydroxyl groups is 1. The number of hydrogen-bond donors (Lipinski definition) is 1. The highest BCUT2D eigenvalue weighted by Crippen LogP contribution is 2.38. The molecule has 76 valence electrons. The molecule has 0 saturated carbocycles. The Bertz CT molecular complexity index is 349. The first-order valence-corrected chi connectivity index (χ1v) is 4.46. The molecule has 1 aliphatic rings. The molecule has 2 rings (SSSR count). The second-order valence-electron chi connectivity index (χ2n) is 3.16. The highest BCUT2D eigenvalue weighted by molar-refractivity contribution is 5.49. The molecular weight excluding hydrogens is 187 g/mol. The molecule has 0 bridgehead atoms. The summed E-state index contributed by atoms with van der Waals surface area (Å²) in [5, 5.41) is 9.38. The number of halogens is 1. The van der Waals surface area contributed by atoms with Gasteiger partial charge in [-0.1, -0.05) is 0 Å². The predicted molar refractivity (Wildman–Crippen MR) is 48.0 cm³/mol. The average Bonchev–Trinajstić information content (AvgIpc) is 2.17. The summed E-state index contributed by atoms with van der Waals surface area (Å²) in [6.07, 6.45) is -0.897. The van der Waals surface area contributed by atoms with E-state index >= 15 is 0 Å². The van der Waals surface area contributed by atoms with Crippen molar-refractivity contribution in [2.45, 2.75) is 13.0 Å². The molecule has 3 nitrogen and oxygen atoms in total. The Labute approximate surface area is 81.1 Å². The molecule has 1 aromatic rings. The highest BCUT2D eigenvalue weighted by Gasteiger charge is 2.22. The third kappa shape index (κ3) is 1.42. The van der Waals surface area contributed by atoms with Gasteiger partial charge in [-0.25, -0.2) is 4.39 Å². The predicted octanol–water partition coefficient (Wildman–Crippen LogP) is 1.65. The quantitative estimate of drug-likeness (QED) is 0.745. The molecule has 0 radical (unpaired) electrons. The SMILES string of the molecule is CC(O)c1c(F)ccc2c1OCCO2. The molecule has 1 aromatic carbocycles. The van der Waals surface area contributed by atoms with Crippen molar-refractivity contribution < 1.29 is 19.0 Å². The fourth-order valence-corrected chi connectivity index (χ4v) is 1.50. The van der Waals surface area contributed by atoms with Crippen LogP contribution in [0.25, 0.3) is 0 Å². The topological polar surface area (TPSA) is 38.7 Å². The monoisotopic (exact) mass is 198 g/mol. The second-order valence-corrected chi connectivity index (χ2v) is 3.16. The van der Waals surface area contributed by atoms with Crippen LogP contribution >= 0.6 is 0 Å². The molecule has 1 heterocycles. The summed E-state index contributed by atoms with van der Waals surface area (Å²) in [5.41, 5.74) is 0.169. The molecule has 1 unspecified atom stereocenters. The Hall–Kier alpha value is -1.29. The molecule has 1 aliphatic heterocycles. The summed E-state index contributed by atoms with van der Waals surface area (Å²) in [6.45, 7) is 2.34. The first kappa shape index (κ1) is 9.27. The Balaban J connectivity index is 2.55. The summed E-state index contributed by atoms with van der Waals surface area (Å²) >= 11 is 0. The second kappa shape index (κ2) is 3.46. The third-order valence-corrected chi connectivity index (χ3v) is 2.11. The van der Waals surface area contributed by atoms with Crippen LogP contribution in [0.4, 0.5) is 4.39 Å². The van der Waals surface area contributed by atoms with Crippen LogP contribution in [-0.4, -0.2) is 18.3 Å². The maximum atomic E-state index is 13.3. The lowest BCUT2D eigenvalue weighted by Gasteiger charge is -2.22. The minimum atomic E-state index is -0.897. The minimum Gasteiger partial charge on any atom is -0.486 e. The lowest BCUT2D eigenvalue weighted by atomic mass is 10.1. The zero-order valence-electron chi connectivity index (χ0n) is 7.79. The number of rotatable bonds is 1. The van der Waals surface area contributed by atoms with Crippen molar-refractivity contribution >= 4 is 0 Å². The van der Waals surface area contributed by atoms with Crippen LogP contribution in [0.2, 0.25) is 0 Å². The maximum Gasteiger partial charge on any atom is 0.170 e. The fraction of sp³-hybridized carbons (Fsp3) is 0.400. The molecule has 0 saturated heterocycles. The summed E-state index contributed by atoms with van der Waals surface area (Å²) in [6, 6.07) is 2.78. The van der Waals surface area contributed by atoms with Crippen LogP contribution in [0.15, 0.2) is 12.1 Å². The molecule has 1 N–H and O–H groups in total. The first-order valence-electron chi connectivity index (χ1n) is 4.46. The van der Waals surface area contributed by atoms with Gasteiger partial charge < -0.3 is 14.6 Å². The summed E-state index contributed by atoms with van der Waals surface area (Å²) < 4.78 is 23.9. The lowest BCUT2D eigenvalue weighted by Crippen LogP contribution is -2.17. The standard InChI is InChI=1S/C10H11FO3/c1-6(12)9-7(11)2-3-8-10(9)14-5-4-13-8/h2-3,6,12H,4-5H2,1H3. The molecule has 0 spiro atoms. The van der Waals surface area contributed by atoms with E-state index in [1.54, 1.807) is 0 Å². The third-order valence-electron chi connectivity index (χ3n) is 2.11. The number of hydrogen-bond acceptors (Lipinski definition) is 3. The van der Waals surface area contributed by atoms with Gasteiger partial charge in [-0.3, -0.25) is 0 Å². The highest BCUT2D eigenvalue weighted by atomic mass is 19.1. The summed E-state index contributed by atoms with van der Waals surface area (Å²) in [7, 11) is 0. The van der Waals surface area contributed by atoms with Crippen LogP contribution in [0.5, 0.6) is 11.5 Å². The van der Waals surface area contributed by atoms with Crippen molar-refractivity contribution in [1.82, 2.24) is 0 Å². The summed E-state index contributed by atoms with van der Waals surface area (Å²) in [5.74, 6) is 0.351. The van der Waals surface area contributed by atoms with E-state index in [9.17, 15) is 9.50 Å². The number of ether oxygens (including phenoxy) is 2. The van der Waals surface area contributed by atoms with Crippen LogP contribution in [0, 0.1) is 5.82 Å². The van der Waals surface area contributed by atoms with E-state index in [2.05, 4.69) is 0 Å². The number of fused-ring (bicyclic) bond motifs is 1. The smallest absolute Gasteiger partial charge is 0.170 e. The van der Waals surface area contributed by atoms with Crippen molar-refractivity contribution in [1.29, 1.82) is 0 Å². The molecule has 1 atom stereocenters. The molecule has 0 aromatic heterocycles. The lowest BCUT2D eigenvalue weighted by molar-refractivity contribution is 0.150. The fourth-order valence-electron chi connectivity index (χ4n) is 1.50. The van der Waals surface area contributed by atoms with E-state index in [1.165, 1.54) is 19.1 Å². The van der Waals surface area contributed by atoms with Gasteiger partial charge in [0.15, 0.2) is 11.5 Å². The zero-order chi connectivity index (χ0) is 10.1. The maximum absolute atomic E-state index is 13.3. The van der Waals surface area contributed by atoms with Gasteiger partial charge in [-0.2, -0.15) is 0 Å².